The highest BCUT2D eigenvalue weighted by atomic mass is 32.2. The number of hydrogen-bond acceptors (Lipinski definition) is 7. The largest absolute Gasteiger partial charge is 0.481 e. The van der Waals surface area contributed by atoms with Crippen LogP contribution < -0.4 is 20.7 Å². The number of carboxylic acid groups (broad SMARTS) is 1. The third-order valence-electron chi connectivity index (χ3n) is 6.03. The Morgan fingerprint density at radius 2 is 1.56 bits per heavy atom. The number of pyridine rings is 1. The van der Waals surface area contributed by atoms with Crippen LogP contribution in [0.2, 0.25) is 0 Å². The normalized spacial score (nSPS) is 11.5. The molecule has 4 rings (SSSR count). The summed E-state index contributed by atoms with van der Waals surface area (Å²) in [5.41, 5.74) is 2.34. The molecule has 0 aliphatic rings. The standard InChI is InChI=1S/C30H29N5O7S/c36-28(37)18-27(34-30(39)42-20-22-6-2-1-3-7-22)23-8-4-10-25(16-23)35-43(40,41)26-11-5-9-24(17-26)33-29(38)32-19-21-12-14-31-15-13-21/h1-17,27,35H,18-20H2,(H,34,39)(H,36,37)(H2,32,33,38). The number of nitrogens with zero attached hydrogens (tertiary/aromatic N) is 1. The number of anilines is 2. The number of urea groups is 1. The molecule has 1 aromatic heterocycles. The van der Waals surface area contributed by atoms with Crippen LogP contribution >= 0.6 is 0 Å². The second-order valence-corrected chi connectivity index (χ2v) is 11.0. The molecule has 43 heavy (non-hydrogen) atoms. The molecule has 222 valence electrons. The minimum absolute atomic E-state index is 0.00732. The van der Waals surface area contributed by atoms with E-state index in [2.05, 4.69) is 25.7 Å². The van der Waals surface area contributed by atoms with Gasteiger partial charge in [-0.3, -0.25) is 14.5 Å². The van der Waals surface area contributed by atoms with Crippen LogP contribution in [-0.2, 0) is 32.7 Å². The summed E-state index contributed by atoms with van der Waals surface area (Å²) in [5, 5.41) is 17.2. The van der Waals surface area contributed by atoms with Crippen LogP contribution in [0.25, 0.3) is 0 Å². The molecule has 0 aliphatic heterocycles. The Hall–Kier alpha value is -5.43. The van der Waals surface area contributed by atoms with Crippen LogP contribution in [0.5, 0.6) is 0 Å². The molecule has 1 atom stereocenters. The SMILES string of the molecule is O=C(O)CC(NC(=O)OCc1ccccc1)c1cccc(NS(=O)(=O)c2cccc(NC(=O)NCc3ccncc3)c2)c1. The Bertz CT molecular complexity index is 1670. The summed E-state index contributed by atoms with van der Waals surface area (Å²) in [4.78, 5) is 40.1. The van der Waals surface area contributed by atoms with Crippen LogP contribution in [0, 0.1) is 0 Å². The molecule has 1 heterocycles. The molecule has 0 fully saturated rings. The lowest BCUT2D eigenvalue weighted by Gasteiger charge is -2.18. The van der Waals surface area contributed by atoms with E-state index in [9.17, 15) is 27.9 Å². The first-order valence-electron chi connectivity index (χ1n) is 13.0. The lowest BCUT2D eigenvalue weighted by molar-refractivity contribution is -0.137. The van der Waals surface area contributed by atoms with Gasteiger partial charge < -0.3 is 25.8 Å². The first-order chi connectivity index (χ1) is 20.7. The van der Waals surface area contributed by atoms with Gasteiger partial charge in [-0.15, -0.1) is 0 Å². The molecule has 0 radical (unpaired) electrons. The number of aromatic nitrogens is 1. The Labute approximate surface area is 248 Å². The maximum absolute atomic E-state index is 13.2. The van der Waals surface area contributed by atoms with Gasteiger partial charge in [0.25, 0.3) is 10.0 Å². The van der Waals surface area contributed by atoms with Crippen molar-refractivity contribution in [1.29, 1.82) is 0 Å². The third-order valence-corrected chi connectivity index (χ3v) is 7.41. The summed E-state index contributed by atoms with van der Waals surface area (Å²) >= 11 is 0. The molecular weight excluding hydrogens is 574 g/mol. The van der Waals surface area contributed by atoms with Crippen molar-refractivity contribution in [1.82, 2.24) is 15.6 Å². The lowest BCUT2D eigenvalue weighted by atomic mass is 10.0. The fourth-order valence-corrected chi connectivity index (χ4v) is 5.06. The number of carbonyl (C=O) groups excluding carboxylic acids is 2. The highest BCUT2D eigenvalue weighted by Gasteiger charge is 2.21. The topological polar surface area (TPSA) is 176 Å². The fraction of sp³-hybridized carbons (Fsp3) is 0.133. The zero-order valence-corrected chi connectivity index (χ0v) is 23.6. The van der Waals surface area contributed by atoms with Gasteiger partial charge in [-0.25, -0.2) is 18.0 Å². The first-order valence-corrected chi connectivity index (χ1v) is 14.5. The number of rotatable bonds is 12. The maximum atomic E-state index is 13.2. The van der Waals surface area contributed by atoms with Gasteiger partial charge in [0.15, 0.2) is 0 Å². The number of ether oxygens (including phenoxy) is 1. The van der Waals surface area contributed by atoms with Crippen molar-refractivity contribution in [2.24, 2.45) is 0 Å². The number of carboxylic acids is 1. The number of sulfonamides is 1. The van der Waals surface area contributed by atoms with Crippen molar-refractivity contribution < 1.29 is 32.6 Å². The van der Waals surface area contributed by atoms with Crippen molar-refractivity contribution in [3.05, 3.63) is 120 Å². The summed E-state index contributed by atoms with van der Waals surface area (Å²) in [7, 11) is -4.11. The van der Waals surface area contributed by atoms with Crippen LogP contribution in [0.1, 0.15) is 29.2 Å². The van der Waals surface area contributed by atoms with E-state index in [0.29, 0.717) is 5.56 Å². The van der Waals surface area contributed by atoms with E-state index in [1.807, 2.05) is 6.07 Å². The number of amides is 3. The monoisotopic (exact) mass is 603 g/mol. The number of hydrogen-bond donors (Lipinski definition) is 5. The quantitative estimate of drug-likeness (QED) is 0.155. The van der Waals surface area contributed by atoms with Gasteiger partial charge >= 0.3 is 18.1 Å². The van der Waals surface area contributed by atoms with E-state index in [1.54, 1.807) is 60.9 Å². The number of aliphatic carboxylic acids is 1. The summed E-state index contributed by atoms with van der Waals surface area (Å²) < 4.78 is 34.0. The fourth-order valence-electron chi connectivity index (χ4n) is 3.97. The Balaban J connectivity index is 1.41. The van der Waals surface area contributed by atoms with Gasteiger partial charge in [0.2, 0.25) is 0 Å². The molecule has 13 heteroatoms. The Morgan fingerprint density at radius 1 is 0.837 bits per heavy atom. The summed E-state index contributed by atoms with van der Waals surface area (Å²) in [6, 6.07) is 22.7. The van der Waals surface area contributed by atoms with Gasteiger partial charge in [0.05, 0.1) is 17.4 Å². The minimum Gasteiger partial charge on any atom is -0.481 e. The zero-order chi connectivity index (χ0) is 30.7. The maximum Gasteiger partial charge on any atom is 0.407 e. The Kier molecular flexibility index (Phi) is 10.3. The average molecular weight is 604 g/mol. The first kappa shape index (κ1) is 30.5. The van der Waals surface area contributed by atoms with Crippen LogP contribution in [0.4, 0.5) is 21.0 Å². The number of alkyl carbamates (subject to hydrolysis) is 1. The molecule has 4 aromatic rings. The number of carbonyl (C=O) groups is 3. The van der Waals surface area contributed by atoms with Gasteiger partial charge in [-0.05, 0) is 59.2 Å². The van der Waals surface area contributed by atoms with Crippen molar-refractivity contribution in [3.8, 4) is 0 Å². The third kappa shape index (κ3) is 9.57. The average Bonchev–Trinajstić information content (AvgIpc) is 2.99. The molecular formula is C30H29N5O7S. The van der Waals surface area contributed by atoms with E-state index in [1.165, 1.54) is 36.4 Å². The molecule has 12 nitrogen and oxygen atoms in total. The lowest BCUT2D eigenvalue weighted by Crippen LogP contribution is -2.30. The van der Waals surface area contributed by atoms with E-state index in [4.69, 9.17) is 4.74 Å². The molecule has 3 amide bonds. The summed E-state index contributed by atoms with van der Waals surface area (Å²) in [5.74, 6) is -1.17. The van der Waals surface area contributed by atoms with Crippen LogP contribution in [0.15, 0.2) is 108 Å². The van der Waals surface area contributed by atoms with E-state index in [0.717, 1.165) is 11.1 Å². The smallest absolute Gasteiger partial charge is 0.407 e. The van der Waals surface area contributed by atoms with Gasteiger partial charge in [-0.2, -0.15) is 0 Å². The molecule has 0 saturated heterocycles. The zero-order valence-electron chi connectivity index (χ0n) is 22.8. The second-order valence-electron chi connectivity index (χ2n) is 9.28. The Morgan fingerprint density at radius 3 is 2.30 bits per heavy atom. The van der Waals surface area contributed by atoms with Gasteiger partial charge in [-0.1, -0.05) is 48.5 Å². The van der Waals surface area contributed by atoms with Crippen molar-refractivity contribution in [2.75, 3.05) is 10.0 Å². The number of benzene rings is 3. The molecule has 1 unspecified atom stereocenters. The van der Waals surface area contributed by atoms with Crippen molar-refractivity contribution in [3.63, 3.8) is 0 Å². The van der Waals surface area contributed by atoms with Crippen LogP contribution in [0.3, 0.4) is 0 Å². The summed E-state index contributed by atoms with van der Waals surface area (Å²) in [6.45, 7) is 0.249. The highest BCUT2D eigenvalue weighted by Crippen LogP contribution is 2.24. The van der Waals surface area contributed by atoms with Gasteiger partial charge in [0, 0.05) is 30.3 Å². The van der Waals surface area contributed by atoms with E-state index < -0.39 is 40.6 Å². The molecule has 0 bridgehead atoms. The van der Waals surface area contributed by atoms with Crippen molar-refractivity contribution >= 4 is 39.5 Å². The highest BCUT2D eigenvalue weighted by molar-refractivity contribution is 7.92. The summed E-state index contributed by atoms with van der Waals surface area (Å²) in [6.07, 6.45) is 1.93. The molecule has 3 aromatic carbocycles. The van der Waals surface area contributed by atoms with Crippen molar-refractivity contribution in [2.45, 2.75) is 30.5 Å². The molecule has 0 saturated carbocycles. The van der Waals surface area contributed by atoms with Gasteiger partial charge in [0.1, 0.15) is 6.61 Å². The number of nitrogens with one attached hydrogen (secondary N) is 4. The molecule has 0 aliphatic carbocycles. The minimum atomic E-state index is -4.11. The molecule has 0 spiro atoms. The second kappa shape index (κ2) is 14.5. The predicted molar refractivity (Wildman–Crippen MR) is 159 cm³/mol. The van der Waals surface area contributed by atoms with Crippen LogP contribution in [-0.4, -0.2) is 36.6 Å². The predicted octanol–water partition coefficient (Wildman–Crippen LogP) is 4.65. The molecule has 5 N–H and O–H groups in total. The van der Waals surface area contributed by atoms with E-state index in [-0.39, 0.29) is 29.4 Å². The van der Waals surface area contributed by atoms with E-state index >= 15 is 0 Å².